The van der Waals surface area contributed by atoms with Crippen molar-refractivity contribution in [1.82, 2.24) is 9.62 Å². The highest BCUT2D eigenvalue weighted by atomic mass is 32.2. The molecule has 0 radical (unpaired) electrons. The number of methoxy groups -OCH3 is 1. The van der Waals surface area contributed by atoms with Gasteiger partial charge in [0.1, 0.15) is 17.5 Å². The molecule has 0 unspecified atom stereocenters. The molecule has 2 N–H and O–H groups in total. The van der Waals surface area contributed by atoms with Gasteiger partial charge in [-0.3, -0.25) is 9.59 Å². The van der Waals surface area contributed by atoms with Crippen molar-refractivity contribution in [2.45, 2.75) is 43.4 Å². The third kappa shape index (κ3) is 4.28. The van der Waals surface area contributed by atoms with Crippen LogP contribution in [0, 0.1) is 0 Å². The number of carbonyl (C=O) groups excluding carboxylic acids is 2. The molecule has 0 bridgehead atoms. The lowest BCUT2D eigenvalue weighted by Crippen LogP contribution is -2.45. The number of ether oxygens (including phenoxy) is 2. The molecule has 0 spiro atoms. The maximum Gasteiger partial charge on any atom is 0.265 e. The Morgan fingerprint density at radius 2 is 2.09 bits per heavy atom. The van der Waals surface area contributed by atoms with Crippen LogP contribution in [0.3, 0.4) is 0 Å². The molecule has 0 aliphatic carbocycles. The van der Waals surface area contributed by atoms with Gasteiger partial charge in [-0.25, -0.2) is 8.42 Å². The highest BCUT2D eigenvalue weighted by molar-refractivity contribution is 7.89. The van der Waals surface area contributed by atoms with E-state index in [2.05, 4.69) is 10.6 Å². The van der Waals surface area contributed by atoms with Crippen LogP contribution in [-0.4, -0.2) is 50.3 Å². The van der Waals surface area contributed by atoms with Gasteiger partial charge in [-0.15, -0.1) is 0 Å². The van der Waals surface area contributed by atoms with E-state index < -0.39 is 22.2 Å². The van der Waals surface area contributed by atoms with Gasteiger partial charge < -0.3 is 20.1 Å². The van der Waals surface area contributed by atoms with Crippen LogP contribution in [0.2, 0.25) is 0 Å². The van der Waals surface area contributed by atoms with Gasteiger partial charge in [0.05, 0.1) is 17.7 Å². The van der Waals surface area contributed by atoms with Crippen LogP contribution in [0.15, 0.2) is 47.4 Å². The van der Waals surface area contributed by atoms with Gasteiger partial charge in [-0.1, -0.05) is 12.1 Å². The summed E-state index contributed by atoms with van der Waals surface area (Å²) in [5, 5.41) is 5.49. The summed E-state index contributed by atoms with van der Waals surface area (Å²) < 4.78 is 38.5. The van der Waals surface area contributed by atoms with Crippen LogP contribution < -0.4 is 20.1 Å². The standard InChI is InChI=1S/C22H25N3O6S/c1-14-21(26)24-18-12-17(8-9-20(18)31-14)32(28,29)25-10-4-7-19(25)22(27)23-13-15-5-3-6-16(11-15)30-2/h3,5-6,8-9,11-12,14,19H,4,7,10,13H2,1-2H3,(H,23,27)(H,24,26)/t14-,19+/m0/s1. The zero-order valence-electron chi connectivity index (χ0n) is 17.8. The van der Waals surface area contributed by atoms with Crippen molar-refractivity contribution in [1.29, 1.82) is 0 Å². The average Bonchev–Trinajstić information content (AvgIpc) is 3.29. The van der Waals surface area contributed by atoms with E-state index in [1.807, 2.05) is 24.3 Å². The Kier molecular flexibility index (Phi) is 6.07. The van der Waals surface area contributed by atoms with Gasteiger partial charge in [-0.2, -0.15) is 4.31 Å². The van der Waals surface area contributed by atoms with Gasteiger partial charge in [0.25, 0.3) is 5.91 Å². The highest BCUT2D eigenvalue weighted by Crippen LogP contribution is 2.34. The van der Waals surface area contributed by atoms with E-state index in [1.54, 1.807) is 14.0 Å². The molecule has 10 heteroatoms. The maximum atomic E-state index is 13.3. The van der Waals surface area contributed by atoms with E-state index in [4.69, 9.17) is 9.47 Å². The fourth-order valence-corrected chi connectivity index (χ4v) is 5.55. The fourth-order valence-electron chi connectivity index (χ4n) is 3.86. The molecule has 2 heterocycles. The summed E-state index contributed by atoms with van der Waals surface area (Å²) in [5.41, 5.74) is 1.15. The van der Waals surface area contributed by atoms with Gasteiger partial charge in [0.15, 0.2) is 6.10 Å². The maximum absolute atomic E-state index is 13.3. The number of sulfonamides is 1. The Balaban J connectivity index is 1.50. The van der Waals surface area contributed by atoms with Gasteiger partial charge in [-0.05, 0) is 55.7 Å². The molecular formula is C22H25N3O6S. The molecule has 1 fully saturated rings. The van der Waals surface area contributed by atoms with E-state index in [-0.39, 0.29) is 29.8 Å². The zero-order valence-corrected chi connectivity index (χ0v) is 18.6. The molecule has 2 aromatic carbocycles. The third-order valence-corrected chi connectivity index (χ3v) is 7.50. The smallest absolute Gasteiger partial charge is 0.265 e. The first kappa shape index (κ1) is 22.1. The van der Waals surface area contributed by atoms with Crippen LogP contribution in [-0.2, 0) is 26.2 Å². The normalized spacial score (nSPS) is 20.8. The number of nitrogens with one attached hydrogen (secondary N) is 2. The number of carbonyl (C=O) groups is 2. The number of anilines is 1. The summed E-state index contributed by atoms with van der Waals surface area (Å²) in [4.78, 5) is 24.7. The minimum absolute atomic E-state index is 0.00204. The first-order valence-corrected chi connectivity index (χ1v) is 11.8. The first-order chi connectivity index (χ1) is 15.3. The summed E-state index contributed by atoms with van der Waals surface area (Å²) in [6, 6.07) is 10.8. The summed E-state index contributed by atoms with van der Waals surface area (Å²) in [6.45, 7) is 2.12. The van der Waals surface area contributed by atoms with E-state index in [1.165, 1.54) is 22.5 Å². The molecule has 9 nitrogen and oxygen atoms in total. The van der Waals surface area contributed by atoms with Crippen molar-refractivity contribution in [3.8, 4) is 11.5 Å². The van der Waals surface area contributed by atoms with Gasteiger partial charge in [0.2, 0.25) is 15.9 Å². The molecule has 2 aliphatic heterocycles. The summed E-state index contributed by atoms with van der Waals surface area (Å²) in [6.07, 6.45) is 0.366. The molecule has 2 amide bonds. The number of amides is 2. The molecule has 4 rings (SSSR count). The van der Waals surface area contributed by atoms with E-state index >= 15 is 0 Å². The number of benzene rings is 2. The Bertz CT molecular complexity index is 1150. The lowest BCUT2D eigenvalue weighted by molar-refractivity contribution is -0.124. The van der Waals surface area contributed by atoms with Crippen LogP contribution in [0.25, 0.3) is 0 Å². The second kappa shape index (κ2) is 8.79. The first-order valence-electron chi connectivity index (χ1n) is 10.3. The Morgan fingerprint density at radius 1 is 1.28 bits per heavy atom. The van der Waals surface area contributed by atoms with E-state index in [0.29, 0.717) is 30.0 Å². The van der Waals surface area contributed by atoms with Crippen LogP contribution in [0.5, 0.6) is 11.5 Å². The zero-order chi connectivity index (χ0) is 22.9. The molecule has 2 atom stereocenters. The van der Waals surface area contributed by atoms with E-state index in [0.717, 1.165) is 5.56 Å². The number of nitrogens with zero attached hydrogens (tertiary/aromatic N) is 1. The molecule has 0 saturated carbocycles. The number of hydrogen-bond acceptors (Lipinski definition) is 6. The SMILES string of the molecule is COc1cccc(CNC(=O)[C@H]2CCCN2S(=O)(=O)c2ccc3c(c2)NC(=O)[C@H](C)O3)c1. The summed E-state index contributed by atoms with van der Waals surface area (Å²) >= 11 is 0. The van der Waals surface area contributed by atoms with Crippen molar-refractivity contribution in [3.63, 3.8) is 0 Å². The molecule has 2 aliphatic rings. The molecule has 2 aromatic rings. The molecule has 1 saturated heterocycles. The van der Waals surface area contributed by atoms with Crippen LogP contribution in [0.4, 0.5) is 5.69 Å². The highest BCUT2D eigenvalue weighted by Gasteiger charge is 2.40. The van der Waals surface area contributed by atoms with Gasteiger partial charge in [0, 0.05) is 13.1 Å². The van der Waals surface area contributed by atoms with Crippen LogP contribution >= 0.6 is 0 Å². The van der Waals surface area contributed by atoms with Crippen molar-refractivity contribution in [2.75, 3.05) is 19.0 Å². The topological polar surface area (TPSA) is 114 Å². The fraction of sp³-hybridized carbons (Fsp3) is 0.364. The van der Waals surface area contributed by atoms with Crippen molar-refractivity contribution >= 4 is 27.5 Å². The monoisotopic (exact) mass is 459 g/mol. The Labute approximate surface area is 186 Å². The molecule has 170 valence electrons. The second-order valence-electron chi connectivity index (χ2n) is 7.75. The van der Waals surface area contributed by atoms with E-state index in [9.17, 15) is 18.0 Å². The lowest BCUT2D eigenvalue weighted by Gasteiger charge is -2.26. The van der Waals surface area contributed by atoms with Crippen molar-refractivity contribution in [3.05, 3.63) is 48.0 Å². The predicted molar refractivity (Wildman–Crippen MR) is 117 cm³/mol. The number of fused-ring (bicyclic) bond motifs is 1. The minimum Gasteiger partial charge on any atom is -0.497 e. The summed E-state index contributed by atoms with van der Waals surface area (Å²) in [7, 11) is -2.38. The molecular weight excluding hydrogens is 434 g/mol. The Hall–Kier alpha value is -3.11. The van der Waals surface area contributed by atoms with Crippen molar-refractivity contribution in [2.24, 2.45) is 0 Å². The predicted octanol–water partition coefficient (Wildman–Crippen LogP) is 1.88. The quantitative estimate of drug-likeness (QED) is 0.682. The second-order valence-corrected chi connectivity index (χ2v) is 9.64. The largest absolute Gasteiger partial charge is 0.497 e. The van der Waals surface area contributed by atoms with Crippen molar-refractivity contribution < 1.29 is 27.5 Å². The minimum atomic E-state index is -3.95. The van der Waals surface area contributed by atoms with Gasteiger partial charge >= 0.3 is 0 Å². The lowest BCUT2D eigenvalue weighted by atomic mass is 10.2. The average molecular weight is 460 g/mol. The number of rotatable bonds is 6. The van der Waals surface area contributed by atoms with Crippen LogP contribution in [0.1, 0.15) is 25.3 Å². The number of hydrogen-bond donors (Lipinski definition) is 2. The third-order valence-electron chi connectivity index (χ3n) is 5.60. The molecule has 0 aromatic heterocycles. The Morgan fingerprint density at radius 3 is 2.88 bits per heavy atom. The molecule has 32 heavy (non-hydrogen) atoms. The summed E-state index contributed by atoms with van der Waals surface area (Å²) in [5.74, 6) is 0.394.